The van der Waals surface area contributed by atoms with E-state index in [-0.39, 0.29) is 5.60 Å². The molecule has 0 unspecified atom stereocenters. The fourth-order valence-corrected chi connectivity index (χ4v) is 2.81. The normalized spacial score (nSPS) is 28.5. The Morgan fingerprint density at radius 1 is 1.14 bits per heavy atom. The van der Waals surface area contributed by atoms with Gasteiger partial charge in [0.1, 0.15) is 0 Å². The smallest absolute Gasteiger partial charge is 0.0809 e. The number of hydrogen-bond acceptors (Lipinski definition) is 2. The van der Waals surface area contributed by atoms with Crippen LogP contribution in [0.15, 0.2) is 0 Å². The highest BCUT2D eigenvalue weighted by Crippen LogP contribution is 2.34. The molecule has 1 aliphatic carbocycles. The topological polar surface area (TPSA) is 12.5 Å². The zero-order valence-electron chi connectivity index (χ0n) is 9.59. The molecular weight excluding hydrogens is 174 g/mol. The average Bonchev–Trinajstić information content (AvgIpc) is 2.19. The maximum absolute atomic E-state index is 6.05. The van der Waals surface area contributed by atoms with Gasteiger partial charge in [0.25, 0.3) is 0 Å². The number of ether oxygens (including phenoxy) is 1. The van der Waals surface area contributed by atoms with Crippen molar-refractivity contribution in [1.82, 2.24) is 4.90 Å². The predicted molar refractivity (Wildman–Crippen MR) is 58.5 cm³/mol. The summed E-state index contributed by atoms with van der Waals surface area (Å²) in [6, 6.07) is 0.678. The summed E-state index contributed by atoms with van der Waals surface area (Å²) in [5.41, 5.74) is 0.237. The second-order valence-electron chi connectivity index (χ2n) is 5.16. The van der Waals surface area contributed by atoms with Crippen molar-refractivity contribution in [3.05, 3.63) is 0 Å². The summed E-state index contributed by atoms with van der Waals surface area (Å²) in [6.07, 6.45) is 6.72. The molecular formula is C12H23NO. The van der Waals surface area contributed by atoms with Crippen LogP contribution < -0.4 is 0 Å². The molecule has 1 saturated carbocycles. The molecule has 0 amide bonds. The van der Waals surface area contributed by atoms with Gasteiger partial charge in [0.2, 0.25) is 0 Å². The fourth-order valence-electron chi connectivity index (χ4n) is 2.81. The van der Waals surface area contributed by atoms with Crippen molar-refractivity contribution in [2.75, 3.05) is 19.7 Å². The number of morpholine rings is 1. The molecule has 0 radical (unpaired) electrons. The molecule has 2 rings (SSSR count). The Hall–Kier alpha value is -0.0800. The quantitative estimate of drug-likeness (QED) is 0.640. The third-order valence-corrected chi connectivity index (χ3v) is 3.77. The van der Waals surface area contributed by atoms with E-state index in [1.54, 1.807) is 0 Å². The Kier molecular flexibility index (Phi) is 3.13. The molecule has 14 heavy (non-hydrogen) atoms. The highest BCUT2D eigenvalue weighted by atomic mass is 16.5. The summed E-state index contributed by atoms with van der Waals surface area (Å²) >= 11 is 0. The summed E-state index contributed by atoms with van der Waals surface area (Å²) in [5.74, 6) is 0. The average molecular weight is 197 g/mol. The number of hydrogen-bond donors (Lipinski definition) is 0. The molecule has 0 aromatic heterocycles. The van der Waals surface area contributed by atoms with Crippen LogP contribution in [0, 0.1) is 0 Å². The monoisotopic (exact) mass is 197 g/mol. The molecule has 1 spiro atoms. The standard InChI is InChI=1S/C12H23NO/c1-11(2)13-8-9-14-12(10-13)6-4-3-5-7-12/h11H,3-10H2,1-2H3. The van der Waals surface area contributed by atoms with Gasteiger partial charge in [-0.3, -0.25) is 4.90 Å². The predicted octanol–water partition coefficient (Wildman–Crippen LogP) is 2.43. The summed E-state index contributed by atoms with van der Waals surface area (Å²) in [7, 11) is 0. The van der Waals surface area contributed by atoms with E-state index in [1.807, 2.05) is 0 Å². The van der Waals surface area contributed by atoms with Crippen molar-refractivity contribution >= 4 is 0 Å². The van der Waals surface area contributed by atoms with Crippen LogP contribution >= 0.6 is 0 Å². The minimum atomic E-state index is 0.237. The zero-order valence-corrected chi connectivity index (χ0v) is 9.59. The Morgan fingerprint density at radius 3 is 2.50 bits per heavy atom. The Labute approximate surface area is 87.6 Å². The SMILES string of the molecule is CC(C)N1CCOC2(CCCCC2)C1. The van der Waals surface area contributed by atoms with Gasteiger partial charge in [0.05, 0.1) is 12.2 Å². The second-order valence-corrected chi connectivity index (χ2v) is 5.16. The van der Waals surface area contributed by atoms with Gasteiger partial charge in [-0.15, -0.1) is 0 Å². The third kappa shape index (κ3) is 2.12. The lowest BCUT2D eigenvalue weighted by molar-refractivity contribution is -0.132. The Balaban J connectivity index is 1.97. The highest BCUT2D eigenvalue weighted by molar-refractivity contribution is 4.91. The highest BCUT2D eigenvalue weighted by Gasteiger charge is 2.38. The minimum Gasteiger partial charge on any atom is -0.372 e. The first-order chi connectivity index (χ1) is 6.72. The molecule has 0 atom stereocenters. The van der Waals surface area contributed by atoms with Gasteiger partial charge in [-0.1, -0.05) is 19.3 Å². The third-order valence-electron chi connectivity index (χ3n) is 3.77. The van der Waals surface area contributed by atoms with Crippen LogP contribution in [-0.2, 0) is 4.74 Å². The second kappa shape index (κ2) is 4.19. The van der Waals surface area contributed by atoms with Gasteiger partial charge in [-0.25, -0.2) is 0 Å². The van der Waals surface area contributed by atoms with Gasteiger partial charge in [-0.2, -0.15) is 0 Å². The van der Waals surface area contributed by atoms with E-state index < -0.39 is 0 Å². The van der Waals surface area contributed by atoms with Crippen LogP contribution in [0.4, 0.5) is 0 Å². The molecule has 0 bridgehead atoms. The van der Waals surface area contributed by atoms with E-state index in [9.17, 15) is 0 Å². The molecule has 2 fully saturated rings. The van der Waals surface area contributed by atoms with E-state index in [4.69, 9.17) is 4.74 Å². The summed E-state index contributed by atoms with van der Waals surface area (Å²) < 4.78 is 6.05. The molecule has 1 saturated heterocycles. The summed E-state index contributed by atoms with van der Waals surface area (Å²) in [5, 5.41) is 0. The molecule has 2 nitrogen and oxygen atoms in total. The minimum absolute atomic E-state index is 0.237. The van der Waals surface area contributed by atoms with Gasteiger partial charge < -0.3 is 4.74 Å². The first-order valence-corrected chi connectivity index (χ1v) is 6.10. The molecule has 0 N–H and O–H groups in total. The van der Waals surface area contributed by atoms with Gasteiger partial charge in [0, 0.05) is 19.1 Å². The molecule has 0 aromatic rings. The lowest BCUT2D eigenvalue weighted by atomic mass is 9.83. The lowest BCUT2D eigenvalue weighted by Gasteiger charge is -2.46. The van der Waals surface area contributed by atoms with Crippen LogP contribution in [-0.4, -0.2) is 36.2 Å². The molecule has 82 valence electrons. The molecule has 1 aliphatic heterocycles. The van der Waals surface area contributed by atoms with Crippen LogP contribution in [0.2, 0.25) is 0 Å². The number of rotatable bonds is 1. The van der Waals surface area contributed by atoms with Crippen molar-refractivity contribution in [3.8, 4) is 0 Å². The van der Waals surface area contributed by atoms with Gasteiger partial charge >= 0.3 is 0 Å². The van der Waals surface area contributed by atoms with Crippen molar-refractivity contribution < 1.29 is 4.74 Å². The fraction of sp³-hybridized carbons (Fsp3) is 1.00. The van der Waals surface area contributed by atoms with Crippen molar-refractivity contribution in [2.24, 2.45) is 0 Å². The van der Waals surface area contributed by atoms with E-state index in [0.29, 0.717) is 6.04 Å². The number of nitrogens with zero attached hydrogens (tertiary/aromatic N) is 1. The van der Waals surface area contributed by atoms with E-state index in [1.165, 1.54) is 38.6 Å². The Morgan fingerprint density at radius 2 is 1.86 bits per heavy atom. The molecule has 2 aliphatic rings. The van der Waals surface area contributed by atoms with Crippen molar-refractivity contribution in [3.63, 3.8) is 0 Å². The van der Waals surface area contributed by atoms with E-state index in [0.717, 1.165) is 13.2 Å². The summed E-state index contributed by atoms with van der Waals surface area (Å²) in [4.78, 5) is 2.58. The van der Waals surface area contributed by atoms with Crippen LogP contribution in [0.5, 0.6) is 0 Å². The maximum atomic E-state index is 6.05. The molecule has 2 heteroatoms. The summed E-state index contributed by atoms with van der Waals surface area (Å²) in [6.45, 7) is 7.83. The first kappa shape index (κ1) is 10.4. The van der Waals surface area contributed by atoms with Crippen molar-refractivity contribution in [1.29, 1.82) is 0 Å². The van der Waals surface area contributed by atoms with Crippen molar-refractivity contribution in [2.45, 2.75) is 57.6 Å². The van der Waals surface area contributed by atoms with Gasteiger partial charge in [0.15, 0.2) is 0 Å². The zero-order chi connectivity index (χ0) is 10.0. The largest absolute Gasteiger partial charge is 0.372 e. The van der Waals surface area contributed by atoms with E-state index >= 15 is 0 Å². The van der Waals surface area contributed by atoms with Crippen LogP contribution in [0.25, 0.3) is 0 Å². The lowest BCUT2D eigenvalue weighted by Crippen LogP contribution is -2.54. The van der Waals surface area contributed by atoms with Crippen LogP contribution in [0.1, 0.15) is 46.0 Å². The Bertz CT molecular complexity index is 179. The van der Waals surface area contributed by atoms with E-state index in [2.05, 4.69) is 18.7 Å². The van der Waals surface area contributed by atoms with Crippen LogP contribution in [0.3, 0.4) is 0 Å². The van der Waals surface area contributed by atoms with Gasteiger partial charge in [-0.05, 0) is 26.7 Å². The first-order valence-electron chi connectivity index (χ1n) is 6.10. The molecule has 0 aromatic carbocycles. The molecule has 1 heterocycles. The maximum Gasteiger partial charge on any atom is 0.0809 e.